The van der Waals surface area contributed by atoms with Crippen LogP contribution in [0.2, 0.25) is 0 Å². The van der Waals surface area contributed by atoms with E-state index < -0.39 is 0 Å². The molecule has 0 aromatic heterocycles. The van der Waals surface area contributed by atoms with Gasteiger partial charge in [0.2, 0.25) is 6.79 Å². The monoisotopic (exact) mass is 389 g/mol. The number of benzene rings is 1. The van der Waals surface area contributed by atoms with Gasteiger partial charge >= 0.3 is 0 Å². The first-order chi connectivity index (χ1) is 13.7. The summed E-state index contributed by atoms with van der Waals surface area (Å²) in [6, 6.07) is 6.00. The van der Waals surface area contributed by atoms with Crippen LogP contribution in [0, 0.1) is 5.92 Å². The highest BCUT2D eigenvalue weighted by atomic mass is 16.7. The largest absolute Gasteiger partial charge is 0.454 e. The summed E-state index contributed by atoms with van der Waals surface area (Å²) in [6.45, 7) is 16.4. The van der Waals surface area contributed by atoms with Crippen molar-refractivity contribution in [2.75, 3.05) is 59.2 Å². The van der Waals surface area contributed by atoms with Gasteiger partial charge in [-0.1, -0.05) is 19.9 Å². The van der Waals surface area contributed by atoms with Crippen molar-refractivity contribution in [2.45, 2.75) is 27.3 Å². The number of nitrogens with one attached hydrogen (secondary N) is 2. The molecule has 28 heavy (non-hydrogen) atoms. The number of fused-ring (bicyclic) bond motifs is 1. The van der Waals surface area contributed by atoms with Crippen LogP contribution in [0.3, 0.4) is 0 Å². The predicted molar refractivity (Wildman–Crippen MR) is 113 cm³/mol. The van der Waals surface area contributed by atoms with Gasteiger partial charge in [-0.2, -0.15) is 0 Å². The van der Waals surface area contributed by atoms with Crippen LogP contribution in [0.15, 0.2) is 23.2 Å². The molecule has 7 heteroatoms. The van der Waals surface area contributed by atoms with Crippen molar-refractivity contribution in [1.82, 2.24) is 20.4 Å². The van der Waals surface area contributed by atoms with Crippen LogP contribution in [-0.4, -0.2) is 74.9 Å². The number of nitrogens with zero attached hydrogens (tertiary/aromatic N) is 3. The van der Waals surface area contributed by atoms with Crippen molar-refractivity contribution in [3.8, 4) is 11.5 Å². The van der Waals surface area contributed by atoms with Crippen LogP contribution >= 0.6 is 0 Å². The van der Waals surface area contributed by atoms with E-state index in [9.17, 15) is 0 Å². The number of ether oxygens (including phenoxy) is 2. The van der Waals surface area contributed by atoms with Crippen molar-refractivity contribution < 1.29 is 9.47 Å². The zero-order valence-corrected chi connectivity index (χ0v) is 17.5. The van der Waals surface area contributed by atoms with Gasteiger partial charge in [0, 0.05) is 45.8 Å². The second-order valence-corrected chi connectivity index (χ2v) is 7.60. The maximum Gasteiger partial charge on any atom is 0.231 e. The van der Waals surface area contributed by atoms with Crippen LogP contribution in [0.1, 0.15) is 26.3 Å². The van der Waals surface area contributed by atoms with E-state index in [1.165, 1.54) is 26.2 Å². The van der Waals surface area contributed by atoms with Gasteiger partial charge in [-0.25, -0.2) is 4.99 Å². The van der Waals surface area contributed by atoms with Gasteiger partial charge in [-0.05, 0) is 37.1 Å². The minimum absolute atomic E-state index is 0.303. The highest BCUT2D eigenvalue weighted by Crippen LogP contribution is 2.32. The van der Waals surface area contributed by atoms with Crippen LogP contribution in [0.5, 0.6) is 11.5 Å². The van der Waals surface area contributed by atoms with Gasteiger partial charge in [0.25, 0.3) is 0 Å². The lowest BCUT2D eigenvalue weighted by atomic mass is 10.1. The molecule has 156 valence electrons. The van der Waals surface area contributed by atoms with Gasteiger partial charge < -0.3 is 29.9 Å². The van der Waals surface area contributed by atoms with E-state index in [1.54, 1.807) is 0 Å². The normalized spacial score (nSPS) is 18.9. The summed E-state index contributed by atoms with van der Waals surface area (Å²) in [5, 5.41) is 6.84. The standard InChI is InChI=1S/C21H35N5O2/c1-4-22-21(24-14-18-6-7-19-20(12-18)28-16-27-19)23-13-17(3)15-26-10-8-25(5-2)9-11-26/h6-7,12,17H,4-5,8-11,13-16H2,1-3H3,(H2,22,23,24). The van der Waals surface area contributed by atoms with E-state index in [-0.39, 0.29) is 0 Å². The van der Waals surface area contributed by atoms with E-state index in [4.69, 9.17) is 14.5 Å². The first-order valence-electron chi connectivity index (χ1n) is 10.5. The van der Waals surface area contributed by atoms with Gasteiger partial charge in [-0.3, -0.25) is 0 Å². The Labute approximate surface area is 169 Å². The second kappa shape index (κ2) is 10.5. The third kappa shape index (κ3) is 6.01. The fourth-order valence-corrected chi connectivity index (χ4v) is 3.62. The molecule has 3 rings (SSSR count). The molecule has 2 aliphatic rings. The maximum atomic E-state index is 5.45. The molecule has 2 heterocycles. The number of rotatable bonds is 8. The first kappa shape index (κ1) is 20.7. The zero-order valence-electron chi connectivity index (χ0n) is 17.5. The van der Waals surface area contributed by atoms with Crippen molar-refractivity contribution in [2.24, 2.45) is 10.9 Å². The minimum atomic E-state index is 0.303. The van der Waals surface area contributed by atoms with E-state index in [0.717, 1.165) is 49.2 Å². The Hall–Kier alpha value is -1.99. The Bertz CT molecular complexity index is 644. The number of likely N-dealkylation sites (N-methyl/N-ethyl adjacent to an activating group) is 1. The molecule has 2 N–H and O–H groups in total. The van der Waals surface area contributed by atoms with Gasteiger partial charge in [0.15, 0.2) is 17.5 Å². The molecule has 1 aromatic rings. The zero-order chi connectivity index (χ0) is 19.8. The van der Waals surface area contributed by atoms with E-state index in [1.807, 2.05) is 18.2 Å². The van der Waals surface area contributed by atoms with Gasteiger partial charge in [0.05, 0.1) is 6.54 Å². The smallest absolute Gasteiger partial charge is 0.231 e. The number of aliphatic imine (C=N–C) groups is 1. The molecule has 0 amide bonds. The van der Waals surface area contributed by atoms with Crippen LogP contribution in [0.4, 0.5) is 0 Å². The lowest BCUT2D eigenvalue weighted by Crippen LogP contribution is -2.48. The van der Waals surface area contributed by atoms with Crippen LogP contribution in [-0.2, 0) is 6.54 Å². The summed E-state index contributed by atoms with van der Waals surface area (Å²) in [5.74, 6) is 3.05. The highest BCUT2D eigenvalue weighted by Gasteiger charge is 2.17. The summed E-state index contributed by atoms with van der Waals surface area (Å²) in [6.07, 6.45) is 0. The summed E-state index contributed by atoms with van der Waals surface area (Å²) >= 11 is 0. The molecular formula is C21H35N5O2. The second-order valence-electron chi connectivity index (χ2n) is 7.60. The van der Waals surface area contributed by atoms with E-state index >= 15 is 0 Å². The Morgan fingerprint density at radius 3 is 2.57 bits per heavy atom. The Morgan fingerprint density at radius 1 is 1.07 bits per heavy atom. The average Bonchev–Trinajstić information content (AvgIpc) is 3.18. The Balaban J connectivity index is 1.45. The molecule has 1 aromatic carbocycles. The molecule has 7 nitrogen and oxygen atoms in total. The summed E-state index contributed by atoms with van der Waals surface area (Å²) in [7, 11) is 0. The lowest BCUT2D eigenvalue weighted by molar-refractivity contribution is 0.124. The molecule has 0 aliphatic carbocycles. The molecule has 0 bridgehead atoms. The average molecular weight is 390 g/mol. The van der Waals surface area contributed by atoms with Crippen molar-refractivity contribution in [1.29, 1.82) is 0 Å². The topological polar surface area (TPSA) is 61.4 Å². The summed E-state index contributed by atoms with van der Waals surface area (Å²) in [4.78, 5) is 9.82. The Kier molecular flexibility index (Phi) is 7.80. The first-order valence-corrected chi connectivity index (χ1v) is 10.5. The van der Waals surface area contributed by atoms with E-state index in [2.05, 4.69) is 41.2 Å². The lowest BCUT2D eigenvalue weighted by Gasteiger charge is -2.35. The maximum absolute atomic E-state index is 5.45. The molecular weight excluding hydrogens is 354 g/mol. The van der Waals surface area contributed by atoms with Crippen LogP contribution in [0.25, 0.3) is 0 Å². The SMILES string of the molecule is CCNC(=NCc1ccc2c(c1)OCO2)NCC(C)CN1CCN(CC)CC1. The predicted octanol–water partition coefficient (Wildman–Crippen LogP) is 1.74. The summed E-state index contributed by atoms with van der Waals surface area (Å²) in [5.41, 5.74) is 1.11. The molecule has 1 atom stereocenters. The molecule has 1 fully saturated rings. The molecule has 0 radical (unpaired) electrons. The fraction of sp³-hybridized carbons (Fsp3) is 0.667. The number of guanidine groups is 1. The van der Waals surface area contributed by atoms with Crippen molar-refractivity contribution in [3.63, 3.8) is 0 Å². The summed E-state index contributed by atoms with van der Waals surface area (Å²) < 4.78 is 10.8. The number of hydrogen-bond acceptors (Lipinski definition) is 5. The third-order valence-corrected chi connectivity index (χ3v) is 5.30. The Morgan fingerprint density at radius 2 is 1.82 bits per heavy atom. The van der Waals surface area contributed by atoms with Crippen LogP contribution < -0.4 is 20.1 Å². The fourth-order valence-electron chi connectivity index (χ4n) is 3.62. The van der Waals surface area contributed by atoms with E-state index in [0.29, 0.717) is 19.3 Å². The van der Waals surface area contributed by atoms with Crippen molar-refractivity contribution in [3.05, 3.63) is 23.8 Å². The molecule has 2 aliphatic heterocycles. The highest BCUT2D eigenvalue weighted by molar-refractivity contribution is 5.79. The quantitative estimate of drug-likeness (QED) is 0.522. The van der Waals surface area contributed by atoms with Gasteiger partial charge in [-0.15, -0.1) is 0 Å². The molecule has 0 spiro atoms. The molecule has 0 saturated carbocycles. The van der Waals surface area contributed by atoms with Gasteiger partial charge in [0.1, 0.15) is 0 Å². The molecule has 1 unspecified atom stereocenters. The number of hydrogen-bond donors (Lipinski definition) is 2. The minimum Gasteiger partial charge on any atom is -0.454 e. The molecule has 1 saturated heterocycles. The van der Waals surface area contributed by atoms with Crippen molar-refractivity contribution >= 4 is 5.96 Å². The third-order valence-electron chi connectivity index (χ3n) is 5.30. The number of piperazine rings is 1.